The second-order valence-corrected chi connectivity index (χ2v) is 2.68. The van der Waals surface area contributed by atoms with Crippen LogP contribution >= 0.6 is 0 Å². The van der Waals surface area contributed by atoms with E-state index in [9.17, 15) is 0 Å². The van der Waals surface area contributed by atoms with E-state index >= 15 is 0 Å². The van der Waals surface area contributed by atoms with E-state index < -0.39 is 0 Å². The molecular formula is C12H13O. The average Bonchev–Trinajstić information content (AvgIpc) is 2.16. The van der Waals surface area contributed by atoms with Crippen LogP contribution in [0.25, 0.3) is 5.57 Å². The number of benzene rings is 1. The quantitative estimate of drug-likeness (QED) is 0.681. The van der Waals surface area contributed by atoms with Gasteiger partial charge in [-0.3, -0.25) is 0 Å². The maximum absolute atomic E-state index is 9.09. The highest BCUT2D eigenvalue weighted by molar-refractivity contribution is 5.70. The van der Waals surface area contributed by atoms with E-state index in [2.05, 4.69) is 6.08 Å². The number of allylic oxidation sites excluding steroid dienone is 4. The van der Waals surface area contributed by atoms with Crippen molar-refractivity contribution in [3.8, 4) is 5.75 Å². The highest BCUT2D eigenvalue weighted by Gasteiger charge is 1.95. The van der Waals surface area contributed by atoms with Crippen molar-refractivity contribution in [2.75, 3.05) is 0 Å². The third-order valence-electron chi connectivity index (χ3n) is 1.77. The highest BCUT2D eigenvalue weighted by Crippen LogP contribution is 2.18. The Balaban J connectivity index is 3.00. The Kier molecular flexibility index (Phi) is 3.32. The SMILES string of the molecule is CC=[C]C(=CC)c1ccc(O)cc1. The summed E-state index contributed by atoms with van der Waals surface area (Å²) < 4.78 is 0. The largest absolute Gasteiger partial charge is 0.508 e. The van der Waals surface area contributed by atoms with Crippen LogP contribution in [0.5, 0.6) is 5.75 Å². The highest BCUT2D eigenvalue weighted by atomic mass is 16.3. The summed E-state index contributed by atoms with van der Waals surface area (Å²) in [6.45, 7) is 3.91. The normalized spacial score (nSPS) is 12.3. The molecule has 0 aliphatic rings. The van der Waals surface area contributed by atoms with Crippen molar-refractivity contribution in [1.82, 2.24) is 0 Å². The predicted octanol–water partition coefficient (Wildman–Crippen LogP) is 3.17. The third kappa shape index (κ3) is 2.48. The summed E-state index contributed by atoms with van der Waals surface area (Å²) in [5, 5.41) is 9.09. The van der Waals surface area contributed by atoms with Gasteiger partial charge in [-0.15, -0.1) is 0 Å². The molecule has 67 valence electrons. The molecule has 13 heavy (non-hydrogen) atoms. The monoisotopic (exact) mass is 173 g/mol. The molecule has 1 rings (SSSR count). The zero-order valence-electron chi connectivity index (χ0n) is 7.91. The van der Waals surface area contributed by atoms with Crippen LogP contribution in [-0.2, 0) is 0 Å². The lowest BCUT2D eigenvalue weighted by molar-refractivity contribution is 0.475. The first kappa shape index (κ1) is 9.59. The molecule has 0 atom stereocenters. The lowest BCUT2D eigenvalue weighted by Crippen LogP contribution is -1.79. The molecule has 0 aliphatic carbocycles. The van der Waals surface area contributed by atoms with Crippen molar-refractivity contribution in [1.29, 1.82) is 0 Å². The van der Waals surface area contributed by atoms with Gasteiger partial charge in [-0.2, -0.15) is 0 Å². The maximum atomic E-state index is 9.09. The van der Waals surface area contributed by atoms with Gasteiger partial charge in [-0.25, -0.2) is 0 Å². The molecule has 0 heterocycles. The minimum atomic E-state index is 0.291. The number of aromatic hydroxyl groups is 1. The Hall–Kier alpha value is -1.50. The van der Waals surface area contributed by atoms with E-state index in [1.54, 1.807) is 12.1 Å². The first-order valence-corrected chi connectivity index (χ1v) is 4.28. The minimum absolute atomic E-state index is 0.291. The van der Waals surface area contributed by atoms with Crippen molar-refractivity contribution in [2.45, 2.75) is 13.8 Å². The molecule has 1 aromatic rings. The molecule has 1 radical (unpaired) electrons. The van der Waals surface area contributed by atoms with Gasteiger partial charge < -0.3 is 5.11 Å². The van der Waals surface area contributed by atoms with E-state index in [1.807, 2.05) is 38.1 Å². The molecule has 0 amide bonds. The van der Waals surface area contributed by atoms with Crippen LogP contribution in [0.2, 0.25) is 0 Å². The maximum Gasteiger partial charge on any atom is 0.115 e. The molecule has 0 saturated carbocycles. The van der Waals surface area contributed by atoms with Crippen molar-refractivity contribution in [2.24, 2.45) is 0 Å². The molecule has 0 aromatic heterocycles. The molecule has 0 bridgehead atoms. The van der Waals surface area contributed by atoms with Gasteiger partial charge in [0.25, 0.3) is 0 Å². The molecule has 0 spiro atoms. The van der Waals surface area contributed by atoms with Crippen molar-refractivity contribution >= 4 is 5.57 Å². The standard InChI is InChI=1S/C12H13O/c1-3-5-10(4-2)11-6-8-12(13)9-7-11/h3-4,6-9,13H,1-2H3. The van der Waals surface area contributed by atoms with Gasteiger partial charge >= 0.3 is 0 Å². The van der Waals surface area contributed by atoms with E-state index in [0.29, 0.717) is 5.75 Å². The van der Waals surface area contributed by atoms with Crippen LogP contribution in [0.15, 0.2) is 36.4 Å². The zero-order chi connectivity index (χ0) is 9.68. The molecule has 0 fully saturated rings. The first-order chi connectivity index (χ1) is 6.27. The van der Waals surface area contributed by atoms with E-state index in [-0.39, 0.29) is 0 Å². The van der Waals surface area contributed by atoms with Gasteiger partial charge in [-0.1, -0.05) is 24.3 Å². The number of rotatable bonds is 2. The van der Waals surface area contributed by atoms with E-state index in [4.69, 9.17) is 5.11 Å². The van der Waals surface area contributed by atoms with Gasteiger partial charge in [0.05, 0.1) is 0 Å². The Bertz CT molecular complexity index is 317. The molecule has 0 unspecified atom stereocenters. The van der Waals surface area contributed by atoms with Crippen LogP contribution in [0.1, 0.15) is 19.4 Å². The lowest BCUT2D eigenvalue weighted by Gasteiger charge is -2.00. The number of hydrogen-bond donors (Lipinski definition) is 1. The van der Waals surface area contributed by atoms with Gasteiger partial charge in [0, 0.05) is 0 Å². The summed E-state index contributed by atoms with van der Waals surface area (Å²) >= 11 is 0. The zero-order valence-corrected chi connectivity index (χ0v) is 7.91. The lowest BCUT2D eigenvalue weighted by atomic mass is 10.1. The minimum Gasteiger partial charge on any atom is -0.508 e. The summed E-state index contributed by atoms with van der Waals surface area (Å²) in [5.41, 5.74) is 2.11. The van der Waals surface area contributed by atoms with Crippen molar-refractivity contribution < 1.29 is 5.11 Å². The first-order valence-electron chi connectivity index (χ1n) is 4.28. The fourth-order valence-corrected chi connectivity index (χ4v) is 1.13. The van der Waals surface area contributed by atoms with Crippen LogP contribution in [-0.4, -0.2) is 5.11 Å². The van der Waals surface area contributed by atoms with Gasteiger partial charge in [-0.05, 0) is 43.2 Å². The topological polar surface area (TPSA) is 20.2 Å². The summed E-state index contributed by atoms with van der Waals surface area (Å²) in [5.74, 6) is 0.291. The summed E-state index contributed by atoms with van der Waals surface area (Å²) in [4.78, 5) is 0. The summed E-state index contributed by atoms with van der Waals surface area (Å²) in [7, 11) is 0. The van der Waals surface area contributed by atoms with Crippen molar-refractivity contribution in [3.63, 3.8) is 0 Å². The fourth-order valence-electron chi connectivity index (χ4n) is 1.13. The van der Waals surface area contributed by atoms with Gasteiger partial charge in [0.15, 0.2) is 0 Å². The second kappa shape index (κ2) is 4.51. The smallest absolute Gasteiger partial charge is 0.115 e. The Labute approximate surface area is 79.0 Å². The number of hydrogen-bond acceptors (Lipinski definition) is 1. The third-order valence-corrected chi connectivity index (χ3v) is 1.77. The van der Waals surface area contributed by atoms with Gasteiger partial charge in [0.1, 0.15) is 5.75 Å². The summed E-state index contributed by atoms with van der Waals surface area (Å²) in [6.07, 6.45) is 6.99. The molecule has 0 saturated heterocycles. The molecule has 0 aliphatic heterocycles. The fraction of sp³-hybridized carbons (Fsp3) is 0.167. The summed E-state index contributed by atoms with van der Waals surface area (Å²) in [6, 6.07) is 7.11. The Morgan fingerprint density at radius 3 is 2.31 bits per heavy atom. The van der Waals surface area contributed by atoms with E-state index in [0.717, 1.165) is 11.1 Å². The van der Waals surface area contributed by atoms with Crippen LogP contribution < -0.4 is 0 Å². The molecule has 1 heteroatoms. The average molecular weight is 173 g/mol. The molecule has 1 nitrogen and oxygen atoms in total. The second-order valence-electron chi connectivity index (χ2n) is 2.68. The van der Waals surface area contributed by atoms with Crippen molar-refractivity contribution in [3.05, 3.63) is 48.1 Å². The Morgan fingerprint density at radius 2 is 1.85 bits per heavy atom. The molecule has 1 aromatic carbocycles. The van der Waals surface area contributed by atoms with E-state index in [1.165, 1.54) is 0 Å². The predicted molar refractivity (Wildman–Crippen MR) is 55.2 cm³/mol. The molecule has 1 N–H and O–H groups in total. The number of phenols is 1. The van der Waals surface area contributed by atoms with Crippen LogP contribution in [0.4, 0.5) is 0 Å². The van der Waals surface area contributed by atoms with Crippen LogP contribution in [0.3, 0.4) is 0 Å². The van der Waals surface area contributed by atoms with Crippen LogP contribution in [0, 0.1) is 6.08 Å². The van der Waals surface area contributed by atoms with Gasteiger partial charge in [0.2, 0.25) is 0 Å². The molecular weight excluding hydrogens is 160 g/mol. The number of phenolic OH excluding ortho intramolecular Hbond substituents is 1. The Morgan fingerprint density at radius 1 is 1.23 bits per heavy atom.